The van der Waals surface area contributed by atoms with Gasteiger partial charge in [-0.3, -0.25) is 4.79 Å². The Morgan fingerprint density at radius 2 is 2.00 bits per heavy atom. The number of halogens is 4. The zero-order valence-electron chi connectivity index (χ0n) is 7.23. The molecule has 1 aromatic rings. The summed E-state index contributed by atoms with van der Waals surface area (Å²) in [6.45, 7) is 0. The number of nitrogen functional groups attached to an aromatic ring is 1. The Hall–Kier alpha value is -1.43. The zero-order valence-corrected chi connectivity index (χ0v) is 7.99. The van der Waals surface area contributed by atoms with Gasteiger partial charge in [0.1, 0.15) is 0 Å². The number of nitrogens with one attached hydrogen (secondary N) is 1. The molecular formula is C8H6ClF3N2O. The van der Waals surface area contributed by atoms with Crippen LogP contribution in [0.25, 0.3) is 0 Å². The Bertz CT molecular complexity index is 392. The van der Waals surface area contributed by atoms with Crippen molar-refractivity contribution in [3.63, 3.8) is 0 Å². The van der Waals surface area contributed by atoms with Crippen molar-refractivity contribution in [2.75, 3.05) is 11.1 Å². The number of carbonyl (C=O) groups is 1. The number of amides is 1. The van der Waals surface area contributed by atoms with Crippen molar-refractivity contribution in [3.05, 3.63) is 22.7 Å². The highest BCUT2D eigenvalue weighted by molar-refractivity contribution is 6.33. The van der Waals surface area contributed by atoms with Gasteiger partial charge in [-0.15, -0.1) is 0 Å². The predicted molar refractivity (Wildman–Crippen MR) is 50.6 cm³/mol. The maximum Gasteiger partial charge on any atom is 0.418 e. The van der Waals surface area contributed by atoms with Gasteiger partial charge in [0.05, 0.1) is 16.3 Å². The lowest BCUT2D eigenvalue weighted by atomic mass is 10.1. The molecule has 0 spiro atoms. The molecule has 3 N–H and O–H groups in total. The molecule has 3 nitrogen and oxygen atoms in total. The van der Waals surface area contributed by atoms with E-state index in [0.29, 0.717) is 6.07 Å². The maximum absolute atomic E-state index is 12.4. The van der Waals surface area contributed by atoms with Gasteiger partial charge in [0.15, 0.2) is 0 Å². The van der Waals surface area contributed by atoms with E-state index in [0.717, 1.165) is 6.07 Å². The van der Waals surface area contributed by atoms with E-state index in [4.69, 9.17) is 17.3 Å². The van der Waals surface area contributed by atoms with Crippen molar-refractivity contribution in [1.29, 1.82) is 0 Å². The van der Waals surface area contributed by atoms with Crippen molar-refractivity contribution in [2.24, 2.45) is 0 Å². The SMILES string of the molecule is Nc1cc(Cl)c(NC=O)cc1C(F)(F)F. The molecule has 1 rings (SSSR count). The van der Waals surface area contributed by atoms with Gasteiger partial charge < -0.3 is 11.1 Å². The second-order valence-electron chi connectivity index (χ2n) is 2.68. The first-order valence-electron chi connectivity index (χ1n) is 3.72. The number of rotatable bonds is 2. The Balaban J connectivity index is 3.29. The topological polar surface area (TPSA) is 55.1 Å². The summed E-state index contributed by atoms with van der Waals surface area (Å²) in [5, 5.41) is 2.00. The number of nitrogens with two attached hydrogens (primary N) is 1. The molecule has 1 aromatic carbocycles. The summed E-state index contributed by atoms with van der Waals surface area (Å²) >= 11 is 5.56. The lowest BCUT2D eigenvalue weighted by Gasteiger charge is -2.12. The number of carbonyl (C=O) groups excluding carboxylic acids is 1. The van der Waals surface area contributed by atoms with E-state index in [-0.39, 0.29) is 17.1 Å². The molecule has 0 bridgehead atoms. The van der Waals surface area contributed by atoms with Gasteiger partial charge in [-0.1, -0.05) is 11.6 Å². The molecule has 0 unspecified atom stereocenters. The lowest BCUT2D eigenvalue weighted by molar-refractivity contribution is -0.136. The minimum absolute atomic E-state index is 0.0485. The number of benzene rings is 1. The van der Waals surface area contributed by atoms with Gasteiger partial charge in [-0.25, -0.2) is 0 Å². The molecule has 82 valence electrons. The van der Waals surface area contributed by atoms with Crippen LogP contribution in [0.2, 0.25) is 5.02 Å². The third-order valence-corrected chi connectivity index (χ3v) is 1.97. The van der Waals surface area contributed by atoms with E-state index >= 15 is 0 Å². The highest BCUT2D eigenvalue weighted by Crippen LogP contribution is 2.38. The summed E-state index contributed by atoms with van der Waals surface area (Å²) in [5.41, 5.74) is 3.51. The van der Waals surface area contributed by atoms with Crippen LogP contribution >= 0.6 is 11.6 Å². The average molecular weight is 239 g/mol. The number of alkyl halides is 3. The molecule has 0 heterocycles. The molecule has 15 heavy (non-hydrogen) atoms. The summed E-state index contributed by atoms with van der Waals surface area (Å²) in [4.78, 5) is 10.1. The summed E-state index contributed by atoms with van der Waals surface area (Å²) in [7, 11) is 0. The van der Waals surface area contributed by atoms with E-state index < -0.39 is 17.4 Å². The van der Waals surface area contributed by atoms with E-state index in [2.05, 4.69) is 0 Å². The van der Waals surface area contributed by atoms with Crippen LogP contribution in [-0.2, 0) is 11.0 Å². The molecule has 0 atom stereocenters. The van der Waals surface area contributed by atoms with Crippen LogP contribution in [0.5, 0.6) is 0 Å². The normalized spacial score (nSPS) is 11.2. The van der Waals surface area contributed by atoms with Gasteiger partial charge in [0, 0.05) is 5.69 Å². The first-order chi connectivity index (χ1) is 6.86. The average Bonchev–Trinajstić information content (AvgIpc) is 2.07. The molecule has 0 fully saturated rings. The number of anilines is 2. The summed E-state index contributed by atoms with van der Waals surface area (Å²) in [6, 6.07) is 1.63. The van der Waals surface area contributed by atoms with E-state index in [9.17, 15) is 18.0 Å². The van der Waals surface area contributed by atoms with Gasteiger partial charge >= 0.3 is 6.18 Å². The van der Waals surface area contributed by atoms with Gasteiger partial charge in [0.2, 0.25) is 6.41 Å². The third kappa shape index (κ3) is 2.53. The molecule has 0 radical (unpaired) electrons. The first-order valence-corrected chi connectivity index (χ1v) is 4.10. The molecule has 0 aliphatic heterocycles. The third-order valence-electron chi connectivity index (χ3n) is 1.66. The highest BCUT2D eigenvalue weighted by atomic mass is 35.5. The van der Waals surface area contributed by atoms with E-state index in [1.54, 1.807) is 0 Å². The molecule has 0 aliphatic carbocycles. The van der Waals surface area contributed by atoms with Crippen molar-refractivity contribution < 1.29 is 18.0 Å². The van der Waals surface area contributed by atoms with E-state index in [1.807, 2.05) is 5.32 Å². The van der Waals surface area contributed by atoms with Crippen LogP contribution in [0, 0.1) is 0 Å². The first kappa shape index (κ1) is 11.6. The Morgan fingerprint density at radius 1 is 1.40 bits per heavy atom. The van der Waals surface area contributed by atoms with Crippen molar-refractivity contribution in [1.82, 2.24) is 0 Å². The second kappa shape index (κ2) is 3.98. The van der Waals surface area contributed by atoms with Crippen molar-refractivity contribution >= 4 is 29.4 Å². The van der Waals surface area contributed by atoms with Crippen molar-refractivity contribution in [2.45, 2.75) is 6.18 Å². The minimum Gasteiger partial charge on any atom is -0.398 e. The molecule has 0 saturated heterocycles. The molecular weight excluding hydrogens is 233 g/mol. The quantitative estimate of drug-likeness (QED) is 0.614. The summed E-state index contributed by atoms with van der Waals surface area (Å²) in [6.07, 6.45) is -4.34. The monoisotopic (exact) mass is 238 g/mol. The van der Waals surface area contributed by atoms with Gasteiger partial charge in [-0.05, 0) is 12.1 Å². The maximum atomic E-state index is 12.4. The number of hydrogen-bond donors (Lipinski definition) is 2. The van der Waals surface area contributed by atoms with Gasteiger partial charge in [-0.2, -0.15) is 13.2 Å². The van der Waals surface area contributed by atoms with Crippen LogP contribution in [0.4, 0.5) is 24.5 Å². The summed E-state index contributed by atoms with van der Waals surface area (Å²) < 4.78 is 37.1. The van der Waals surface area contributed by atoms with E-state index in [1.165, 1.54) is 0 Å². The Kier molecular flexibility index (Phi) is 3.09. The minimum atomic E-state index is -4.58. The van der Waals surface area contributed by atoms with Crippen LogP contribution in [-0.4, -0.2) is 6.41 Å². The molecule has 7 heteroatoms. The molecule has 1 amide bonds. The van der Waals surface area contributed by atoms with Crippen LogP contribution < -0.4 is 11.1 Å². The zero-order chi connectivity index (χ0) is 11.6. The predicted octanol–water partition coefficient (Wildman–Crippen LogP) is 2.51. The fraction of sp³-hybridized carbons (Fsp3) is 0.125. The van der Waals surface area contributed by atoms with Crippen LogP contribution in [0.1, 0.15) is 5.56 Å². The molecule has 0 aliphatic rings. The number of hydrogen-bond acceptors (Lipinski definition) is 2. The highest BCUT2D eigenvalue weighted by Gasteiger charge is 2.33. The van der Waals surface area contributed by atoms with Crippen LogP contribution in [0.15, 0.2) is 12.1 Å². The standard InChI is InChI=1S/C8H6ClF3N2O/c9-5-2-6(13)4(8(10,11)12)1-7(5)14-3-15/h1-3H,13H2,(H,14,15). The Labute approximate surface area is 88.0 Å². The fourth-order valence-electron chi connectivity index (χ4n) is 1.01. The largest absolute Gasteiger partial charge is 0.418 e. The smallest absolute Gasteiger partial charge is 0.398 e. The van der Waals surface area contributed by atoms with Gasteiger partial charge in [0.25, 0.3) is 0 Å². The summed E-state index contributed by atoms with van der Waals surface area (Å²) in [5.74, 6) is 0. The fourth-order valence-corrected chi connectivity index (χ4v) is 1.23. The van der Waals surface area contributed by atoms with Crippen LogP contribution in [0.3, 0.4) is 0 Å². The molecule has 0 saturated carbocycles. The van der Waals surface area contributed by atoms with Crippen molar-refractivity contribution in [3.8, 4) is 0 Å². The lowest BCUT2D eigenvalue weighted by Crippen LogP contribution is -2.10. The Morgan fingerprint density at radius 3 is 2.47 bits per heavy atom. The molecule has 0 aromatic heterocycles. The second-order valence-corrected chi connectivity index (χ2v) is 3.09.